The summed E-state index contributed by atoms with van der Waals surface area (Å²) < 4.78 is 27.3. The maximum absolute atomic E-state index is 13.4. The minimum atomic E-state index is -0.861. The molecule has 3 nitrogen and oxygen atoms in total. The summed E-state index contributed by atoms with van der Waals surface area (Å²) in [6.45, 7) is 0. The highest BCUT2D eigenvalue weighted by Crippen LogP contribution is 2.23. The van der Waals surface area contributed by atoms with E-state index in [0.717, 1.165) is 8.95 Å². The number of thiophene rings is 1. The minimum absolute atomic E-state index is 0.139. The third-order valence-corrected chi connectivity index (χ3v) is 3.95. The molecule has 0 atom stereocenters. The number of anilines is 2. The number of carbonyl (C=O) groups excluding carboxylic acids is 1. The molecule has 0 aliphatic heterocycles. The molecule has 0 saturated carbocycles. The van der Waals surface area contributed by atoms with Crippen molar-refractivity contribution >= 4 is 51.2 Å². The number of carbonyl (C=O) groups is 1. The third-order valence-electron chi connectivity index (χ3n) is 2.16. The van der Waals surface area contributed by atoms with Crippen molar-refractivity contribution < 1.29 is 13.6 Å². The van der Waals surface area contributed by atoms with Gasteiger partial charge in [-0.15, -0.1) is 11.3 Å². The first-order valence-corrected chi connectivity index (χ1v) is 6.73. The number of benzene rings is 1. The van der Waals surface area contributed by atoms with Gasteiger partial charge in [-0.1, -0.05) is 0 Å². The van der Waals surface area contributed by atoms with Gasteiger partial charge in [-0.3, -0.25) is 4.79 Å². The fourth-order valence-corrected chi connectivity index (χ4v) is 2.61. The van der Waals surface area contributed by atoms with E-state index in [2.05, 4.69) is 27.9 Å². The van der Waals surface area contributed by atoms with Gasteiger partial charge in [0.15, 0.2) is 0 Å². The molecule has 94 valence electrons. The molecule has 2 rings (SSSR count). The number of hydrogen-bond acceptors (Lipinski definition) is 3. The summed E-state index contributed by atoms with van der Waals surface area (Å²) in [4.78, 5) is 11.8. The lowest BCUT2D eigenvalue weighted by molar-refractivity contribution is 0.102. The van der Waals surface area contributed by atoms with Crippen molar-refractivity contribution in [1.29, 1.82) is 0 Å². The van der Waals surface area contributed by atoms with Crippen molar-refractivity contribution in [3.63, 3.8) is 0 Å². The van der Waals surface area contributed by atoms with Crippen molar-refractivity contribution in [2.45, 2.75) is 0 Å². The second-order valence-corrected chi connectivity index (χ2v) is 6.25. The number of hydrogen-bond donors (Lipinski definition) is 2. The van der Waals surface area contributed by atoms with Crippen LogP contribution in [-0.2, 0) is 0 Å². The maximum Gasteiger partial charge on any atom is 0.256 e. The molecule has 7 heteroatoms. The summed E-state index contributed by atoms with van der Waals surface area (Å²) in [5.74, 6) is -2.17. The van der Waals surface area contributed by atoms with Gasteiger partial charge in [-0.05, 0) is 34.7 Å². The smallest absolute Gasteiger partial charge is 0.256 e. The summed E-state index contributed by atoms with van der Waals surface area (Å²) >= 11 is 3.48. The first-order valence-electron chi connectivity index (χ1n) is 4.77. The Labute approximate surface area is 119 Å². The summed E-state index contributed by atoms with van der Waals surface area (Å²) in [5, 5.41) is 4.01. The fraction of sp³-hybridized carbons (Fsp3) is 0. The van der Waals surface area contributed by atoms with E-state index in [4.69, 9.17) is 5.73 Å². The lowest BCUT2D eigenvalue weighted by atomic mass is 10.2. The monoisotopic (exact) mass is 380 g/mol. The number of nitrogen functional groups attached to an aromatic ring is 1. The molecule has 3 N–H and O–H groups in total. The van der Waals surface area contributed by atoms with Gasteiger partial charge in [-0.2, -0.15) is 0 Å². The Morgan fingerprint density at radius 3 is 2.61 bits per heavy atom. The molecule has 0 aliphatic rings. The standard InChI is InChI=1S/C11H7F2IN2OS/c12-6-2-7(13)9(3-8(6)15)16-11(17)5-1-10(14)18-4-5/h1-4H,15H2,(H,16,17). The predicted octanol–water partition coefficient (Wildman–Crippen LogP) is 3.47. The van der Waals surface area contributed by atoms with Crippen molar-refractivity contribution in [2.75, 3.05) is 11.1 Å². The van der Waals surface area contributed by atoms with E-state index in [9.17, 15) is 13.6 Å². The highest BCUT2D eigenvalue weighted by Gasteiger charge is 2.13. The molecule has 0 radical (unpaired) electrons. The molecule has 1 aromatic heterocycles. The van der Waals surface area contributed by atoms with Crippen LogP contribution >= 0.6 is 33.9 Å². The van der Waals surface area contributed by atoms with Gasteiger partial charge in [0.05, 0.1) is 19.8 Å². The van der Waals surface area contributed by atoms with Crippen LogP contribution in [0.25, 0.3) is 0 Å². The molecule has 0 unspecified atom stereocenters. The zero-order valence-corrected chi connectivity index (χ0v) is 11.8. The highest BCUT2D eigenvalue weighted by molar-refractivity contribution is 14.1. The van der Waals surface area contributed by atoms with Crippen LogP contribution in [-0.4, -0.2) is 5.91 Å². The first-order chi connectivity index (χ1) is 8.47. The molecule has 0 fully saturated rings. The van der Waals surface area contributed by atoms with E-state index in [1.54, 1.807) is 11.4 Å². The minimum Gasteiger partial charge on any atom is -0.396 e. The van der Waals surface area contributed by atoms with E-state index in [0.29, 0.717) is 11.6 Å². The largest absolute Gasteiger partial charge is 0.396 e. The molecule has 0 bridgehead atoms. The lowest BCUT2D eigenvalue weighted by Crippen LogP contribution is -2.12. The molecule has 18 heavy (non-hydrogen) atoms. The van der Waals surface area contributed by atoms with Crippen LogP contribution in [0.4, 0.5) is 20.2 Å². The van der Waals surface area contributed by atoms with Gasteiger partial charge in [0.2, 0.25) is 0 Å². The van der Waals surface area contributed by atoms with Gasteiger partial charge < -0.3 is 11.1 Å². The van der Waals surface area contributed by atoms with Crippen LogP contribution in [0.3, 0.4) is 0 Å². The summed E-state index contributed by atoms with van der Waals surface area (Å²) in [6.07, 6.45) is 0. The number of amides is 1. The lowest BCUT2D eigenvalue weighted by Gasteiger charge is -2.06. The van der Waals surface area contributed by atoms with E-state index in [1.807, 2.05) is 0 Å². The second kappa shape index (κ2) is 5.19. The molecule has 1 heterocycles. The van der Waals surface area contributed by atoms with Gasteiger partial charge in [0.25, 0.3) is 5.91 Å². The average molecular weight is 380 g/mol. The topological polar surface area (TPSA) is 55.1 Å². The van der Waals surface area contributed by atoms with Crippen LogP contribution in [0, 0.1) is 14.5 Å². The molecule has 2 aromatic rings. The Balaban J connectivity index is 2.24. The maximum atomic E-state index is 13.4. The van der Waals surface area contributed by atoms with Crippen LogP contribution < -0.4 is 11.1 Å². The Morgan fingerprint density at radius 1 is 1.28 bits per heavy atom. The third kappa shape index (κ3) is 2.78. The van der Waals surface area contributed by atoms with E-state index in [1.165, 1.54) is 11.3 Å². The molecular formula is C11H7F2IN2OS. The first kappa shape index (κ1) is 13.2. The molecule has 0 saturated heterocycles. The van der Waals surface area contributed by atoms with E-state index >= 15 is 0 Å². The highest BCUT2D eigenvalue weighted by atomic mass is 127. The van der Waals surface area contributed by atoms with Crippen molar-refractivity contribution in [3.8, 4) is 0 Å². The van der Waals surface area contributed by atoms with Gasteiger partial charge in [0, 0.05) is 11.4 Å². The fourth-order valence-electron chi connectivity index (χ4n) is 1.29. The summed E-state index contributed by atoms with van der Waals surface area (Å²) in [5.41, 5.74) is 5.38. The number of rotatable bonds is 2. The Hall–Kier alpha value is -1.22. The number of nitrogens with two attached hydrogens (primary N) is 1. The normalized spacial score (nSPS) is 10.4. The average Bonchev–Trinajstić information content (AvgIpc) is 2.73. The molecule has 0 aliphatic carbocycles. The van der Waals surface area contributed by atoms with Gasteiger partial charge >= 0.3 is 0 Å². The van der Waals surface area contributed by atoms with Crippen LogP contribution in [0.2, 0.25) is 0 Å². The zero-order valence-electron chi connectivity index (χ0n) is 8.84. The quantitative estimate of drug-likeness (QED) is 0.620. The van der Waals surface area contributed by atoms with Gasteiger partial charge in [0.1, 0.15) is 11.6 Å². The van der Waals surface area contributed by atoms with E-state index in [-0.39, 0.29) is 11.4 Å². The number of halogens is 3. The molecular weight excluding hydrogens is 373 g/mol. The summed E-state index contributed by atoms with van der Waals surface area (Å²) in [6, 6.07) is 3.37. The van der Waals surface area contributed by atoms with Crippen molar-refractivity contribution in [3.05, 3.63) is 43.7 Å². The van der Waals surface area contributed by atoms with Crippen molar-refractivity contribution in [1.82, 2.24) is 0 Å². The Bertz CT molecular complexity index is 615. The van der Waals surface area contributed by atoms with Crippen molar-refractivity contribution in [2.24, 2.45) is 0 Å². The summed E-state index contributed by atoms with van der Waals surface area (Å²) in [7, 11) is 0. The number of nitrogens with one attached hydrogen (secondary N) is 1. The predicted molar refractivity (Wildman–Crippen MR) is 75.8 cm³/mol. The SMILES string of the molecule is Nc1cc(NC(=O)c2csc(I)c2)c(F)cc1F. The van der Waals surface area contributed by atoms with E-state index < -0.39 is 17.5 Å². The second-order valence-electron chi connectivity index (χ2n) is 3.45. The molecule has 1 amide bonds. The van der Waals surface area contributed by atoms with Crippen LogP contribution in [0.15, 0.2) is 23.6 Å². The van der Waals surface area contributed by atoms with Gasteiger partial charge in [-0.25, -0.2) is 8.78 Å². The Kier molecular flexibility index (Phi) is 3.81. The molecule has 1 aromatic carbocycles. The molecule has 0 spiro atoms. The Morgan fingerprint density at radius 2 is 2.00 bits per heavy atom. The van der Waals surface area contributed by atoms with Crippen LogP contribution in [0.5, 0.6) is 0 Å². The van der Waals surface area contributed by atoms with Crippen LogP contribution in [0.1, 0.15) is 10.4 Å². The zero-order chi connectivity index (χ0) is 13.3.